The highest BCUT2D eigenvalue weighted by Crippen LogP contribution is 2.35. The number of morpholine rings is 1. The summed E-state index contributed by atoms with van der Waals surface area (Å²) >= 11 is 0. The first kappa shape index (κ1) is 15.2. The molecule has 23 heavy (non-hydrogen) atoms. The summed E-state index contributed by atoms with van der Waals surface area (Å²) in [4.78, 5) is 17.6. The molecule has 0 spiro atoms. The molecular formula is C19H26N2O2. The van der Waals surface area contributed by atoms with Crippen molar-refractivity contribution in [1.82, 2.24) is 9.80 Å². The second kappa shape index (κ2) is 6.62. The summed E-state index contributed by atoms with van der Waals surface area (Å²) in [7, 11) is 0. The number of carbonyl (C=O) groups is 1. The van der Waals surface area contributed by atoms with Crippen LogP contribution in [0.25, 0.3) is 0 Å². The normalized spacial score (nSPS) is 26.3. The van der Waals surface area contributed by atoms with E-state index in [4.69, 9.17) is 4.74 Å². The maximum Gasteiger partial charge on any atom is 0.230 e. The Morgan fingerprint density at radius 2 is 1.74 bits per heavy atom. The van der Waals surface area contributed by atoms with Gasteiger partial charge in [-0.05, 0) is 36.8 Å². The first-order valence-corrected chi connectivity index (χ1v) is 9.01. The monoisotopic (exact) mass is 314 g/mol. The molecule has 0 N–H and O–H groups in total. The van der Waals surface area contributed by atoms with Gasteiger partial charge in [0.1, 0.15) is 0 Å². The average molecular weight is 314 g/mol. The van der Waals surface area contributed by atoms with E-state index < -0.39 is 0 Å². The summed E-state index contributed by atoms with van der Waals surface area (Å²) in [6.07, 6.45) is 4.26. The molecule has 0 bridgehead atoms. The zero-order valence-electron chi connectivity index (χ0n) is 13.7. The van der Waals surface area contributed by atoms with Crippen LogP contribution < -0.4 is 0 Å². The molecule has 0 aromatic heterocycles. The van der Waals surface area contributed by atoms with Crippen LogP contribution in [0.1, 0.15) is 36.3 Å². The number of aryl methyl sites for hydroxylation is 1. The summed E-state index contributed by atoms with van der Waals surface area (Å²) in [6, 6.07) is 9.10. The fourth-order valence-corrected chi connectivity index (χ4v) is 4.43. The largest absolute Gasteiger partial charge is 0.379 e. The number of hydrogen-bond acceptors (Lipinski definition) is 3. The first-order chi connectivity index (χ1) is 11.3. The highest BCUT2D eigenvalue weighted by atomic mass is 16.5. The van der Waals surface area contributed by atoms with Crippen molar-refractivity contribution in [2.45, 2.75) is 37.6 Å². The summed E-state index contributed by atoms with van der Waals surface area (Å²) in [6.45, 7) is 5.65. The number of rotatable bonds is 2. The highest BCUT2D eigenvalue weighted by molar-refractivity contribution is 5.85. The molecule has 1 amide bonds. The van der Waals surface area contributed by atoms with Crippen LogP contribution in [-0.4, -0.2) is 61.1 Å². The van der Waals surface area contributed by atoms with Gasteiger partial charge in [-0.25, -0.2) is 0 Å². The van der Waals surface area contributed by atoms with E-state index in [9.17, 15) is 4.79 Å². The third-order valence-electron chi connectivity index (χ3n) is 5.77. The lowest BCUT2D eigenvalue weighted by Gasteiger charge is -2.40. The number of ether oxygens (including phenoxy) is 1. The molecule has 1 atom stereocenters. The molecule has 124 valence electrons. The summed E-state index contributed by atoms with van der Waals surface area (Å²) in [5.74, 6) is 0.460. The predicted octanol–water partition coefficient (Wildman–Crippen LogP) is 2.04. The van der Waals surface area contributed by atoms with Crippen molar-refractivity contribution in [3.63, 3.8) is 0 Å². The number of benzene rings is 1. The van der Waals surface area contributed by atoms with Gasteiger partial charge in [-0.15, -0.1) is 0 Å². The molecule has 4 heteroatoms. The van der Waals surface area contributed by atoms with Crippen molar-refractivity contribution in [2.75, 3.05) is 39.4 Å². The van der Waals surface area contributed by atoms with Gasteiger partial charge in [-0.3, -0.25) is 9.69 Å². The van der Waals surface area contributed by atoms with E-state index >= 15 is 0 Å². The molecule has 2 fully saturated rings. The number of carbonyl (C=O) groups excluding carboxylic acids is 1. The Balaban J connectivity index is 1.36. The minimum absolute atomic E-state index is 0.103. The third kappa shape index (κ3) is 3.02. The Morgan fingerprint density at radius 3 is 2.52 bits per heavy atom. The van der Waals surface area contributed by atoms with Gasteiger partial charge in [0.25, 0.3) is 0 Å². The van der Waals surface area contributed by atoms with Crippen LogP contribution in [0, 0.1) is 0 Å². The fourth-order valence-electron chi connectivity index (χ4n) is 4.43. The zero-order chi connectivity index (χ0) is 15.6. The number of nitrogens with zero attached hydrogens (tertiary/aromatic N) is 2. The molecule has 1 aliphatic carbocycles. The lowest BCUT2D eigenvalue weighted by molar-refractivity contribution is -0.134. The minimum atomic E-state index is 0.103. The van der Waals surface area contributed by atoms with E-state index in [2.05, 4.69) is 34.1 Å². The smallest absolute Gasteiger partial charge is 0.230 e. The standard InChI is InChI=1S/C19H26N2O2/c22-19(18-6-5-15-3-1-2-4-17(15)18)21-9-7-16(8-10-21)20-11-13-23-14-12-20/h1-4,16,18H,5-14H2/t18-/m0/s1. The summed E-state index contributed by atoms with van der Waals surface area (Å²) in [5.41, 5.74) is 2.64. The molecule has 2 heterocycles. The Bertz CT molecular complexity index is 560. The van der Waals surface area contributed by atoms with E-state index in [0.29, 0.717) is 11.9 Å². The quantitative estimate of drug-likeness (QED) is 0.837. The average Bonchev–Trinajstić information content (AvgIpc) is 3.06. The molecule has 0 radical (unpaired) electrons. The van der Waals surface area contributed by atoms with Crippen molar-refractivity contribution in [1.29, 1.82) is 0 Å². The maximum atomic E-state index is 12.9. The number of amides is 1. The van der Waals surface area contributed by atoms with Gasteiger partial charge in [-0.1, -0.05) is 24.3 Å². The van der Waals surface area contributed by atoms with E-state index in [1.54, 1.807) is 0 Å². The Kier molecular flexibility index (Phi) is 4.36. The molecule has 0 saturated carbocycles. The van der Waals surface area contributed by atoms with Gasteiger partial charge < -0.3 is 9.64 Å². The Hall–Kier alpha value is -1.39. The minimum Gasteiger partial charge on any atom is -0.379 e. The highest BCUT2D eigenvalue weighted by Gasteiger charge is 2.34. The van der Waals surface area contributed by atoms with Gasteiger partial charge in [-0.2, -0.15) is 0 Å². The first-order valence-electron chi connectivity index (χ1n) is 9.01. The molecule has 1 aromatic rings. The van der Waals surface area contributed by atoms with Gasteiger partial charge in [0, 0.05) is 32.2 Å². The molecule has 3 aliphatic rings. The Labute approximate surface area is 138 Å². The van der Waals surface area contributed by atoms with Crippen molar-refractivity contribution >= 4 is 5.91 Å². The van der Waals surface area contributed by atoms with Gasteiger partial charge in [0.05, 0.1) is 19.1 Å². The maximum absolute atomic E-state index is 12.9. The molecule has 1 aromatic carbocycles. The van der Waals surface area contributed by atoms with Gasteiger partial charge in [0.15, 0.2) is 0 Å². The summed E-state index contributed by atoms with van der Waals surface area (Å²) in [5, 5.41) is 0. The van der Waals surface area contributed by atoms with Crippen LogP contribution in [0.2, 0.25) is 0 Å². The lowest BCUT2D eigenvalue weighted by atomic mass is 9.97. The van der Waals surface area contributed by atoms with Crippen molar-refractivity contribution in [3.05, 3.63) is 35.4 Å². The summed E-state index contributed by atoms with van der Waals surface area (Å²) < 4.78 is 5.44. The van der Waals surface area contributed by atoms with Crippen LogP contribution in [0.3, 0.4) is 0 Å². The van der Waals surface area contributed by atoms with E-state index in [-0.39, 0.29) is 5.92 Å². The number of fused-ring (bicyclic) bond motifs is 1. The SMILES string of the molecule is O=C([C@H]1CCc2ccccc21)N1CCC(N2CCOCC2)CC1. The molecule has 2 aliphatic heterocycles. The van der Waals surface area contributed by atoms with E-state index in [0.717, 1.165) is 65.1 Å². The number of likely N-dealkylation sites (tertiary alicyclic amines) is 1. The van der Waals surface area contributed by atoms with E-state index in [1.807, 2.05) is 0 Å². The lowest BCUT2D eigenvalue weighted by Crippen LogP contribution is -2.50. The molecule has 4 nitrogen and oxygen atoms in total. The van der Waals surface area contributed by atoms with Crippen LogP contribution >= 0.6 is 0 Å². The molecule has 2 saturated heterocycles. The second-order valence-electron chi connectivity index (χ2n) is 6.99. The van der Waals surface area contributed by atoms with Crippen molar-refractivity contribution < 1.29 is 9.53 Å². The van der Waals surface area contributed by atoms with Crippen molar-refractivity contribution in [2.24, 2.45) is 0 Å². The molecule has 4 rings (SSSR count). The third-order valence-corrected chi connectivity index (χ3v) is 5.77. The number of hydrogen-bond donors (Lipinski definition) is 0. The topological polar surface area (TPSA) is 32.8 Å². The Morgan fingerprint density at radius 1 is 1.00 bits per heavy atom. The van der Waals surface area contributed by atoms with Crippen LogP contribution in [0.4, 0.5) is 0 Å². The van der Waals surface area contributed by atoms with Crippen LogP contribution in [0.5, 0.6) is 0 Å². The van der Waals surface area contributed by atoms with Gasteiger partial charge in [0.2, 0.25) is 5.91 Å². The molecule has 0 unspecified atom stereocenters. The second-order valence-corrected chi connectivity index (χ2v) is 6.99. The zero-order valence-corrected chi connectivity index (χ0v) is 13.7. The predicted molar refractivity (Wildman–Crippen MR) is 89.5 cm³/mol. The van der Waals surface area contributed by atoms with Crippen LogP contribution in [-0.2, 0) is 16.0 Å². The number of piperidine rings is 1. The van der Waals surface area contributed by atoms with E-state index in [1.165, 1.54) is 11.1 Å². The van der Waals surface area contributed by atoms with Gasteiger partial charge >= 0.3 is 0 Å². The van der Waals surface area contributed by atoms with Crippen molar-refractivity contribution in [3.8, 4) is 0 Å². The fraction of sp³-hybridized carbons (Fsp3) is 0.632. The molecular weight excluding hydrogens is 288 g/mol. The van der Waals surface area contributed by atoms with Crippen LogP contribution in [0.15, 0.2) is 24.3 Å².